The molecule has 0 amide bonds. The summed E-state index contributed by atoms with van der Waals surface area (Å²) in [6.45, 7) is 11.4. The Bertz CT molecular complexity index is 2830. The highest BCUT2D eigenvalue weighted by Gasteiger charge is 2.44. The molecule has 70 heavy (non-hydrogen) atoms. The number of fused-ring (bicyclic) bond motifs is 3. The predicted octanol–water partition coefficient (Wildman–Crippen LogP) is 5.72. The number of anilines is 2. The van der Waals surface area contributed by atoms with Gasteiger partial charge in [-0.1, -0.05) is 42.5 Å². The van der Waals surface area contributed by atoms with Gasteiger partial charge in [0.1, 0.15) is 42.6 Å². The first-order valence-electron chi connectivity index (χ1n) is 24.6. The smallest absolute Gasteiger partial charge is 0.186 e. The van der Waals surface area contributed by atoms with Crippen LogP contribution in [0.25, 0.3) is 61.4 Å². The summed E-state index contributed by atoms with van der Waals surface area (Å²) in [6.07, 6.45) is -6.65. The van der Waals surface area contributed by atoms with Crippen molar-refractivity contribution in [3.8, 4) is 45.3 Å². The lowest BCUT2D eigenvalue weighted by molar-refractivity contribution is -0.302. The summed E-state index contributed by atoms with van der Waals surface area (Å²) in [5.74, 6) is 1.51. The van der Waals surface area contributed by atoms with Crippen LogP contribution in [-0.2, 0) is 20.8 Å². The molecule has 0 radical (unpaired) electrons. The standard InChI is InChI=1S/C55H65N7O8/c1-4-61-46-8-6-5-7-44(46)45-35-39(13-22-47(45)61)54-56-49(37-9-14-40(15-10-37)59-27-23-57(2)24-28-59)50(38-11-16-41(17-12-38)60-29-25-58(3)26-30-60)62(54)42-18-20-43(21-19-42)68-33-31-67-32-34-69-55-53(66)52(65)51(64)48(36-63)70-55/h5-22,35,48,51-53,55,63-66H,4,23-34,36H2,1-3H3/t48-,51-,52+,53-,55-/m1/s1. The summed E-state index contributed by atoms with van der Waals surface area (Å²) in [5, 5.41) is 42.2. The quantitative estimate of drug-likeness (QED) is 0.0876. The topological polar surface area (TPSA) is 154 Å². The molecule has 7 aromatic rings. The van der Waals surface area contributed by atoms with Gasteiger partial charge in [0.25, 0.3) is 0 Å². The predicted molar refractivity (Wildman–Crippen MR) is 274 cm³/mol. The molecule has 0 unspecified atom stereocenters. The Labute approximate surface area is 409 Å². The lowest BCUT2D eigenvalue weighted by Gasteiger charge is -2.39. The number of aromatic nitrogens is 3. The van der Waals surface area contributed by atoms with Gasteiger partial charge in [-0.05, 0) is 93.8 Å². The Morgan fingerprint density at radius 2 is 1.19 bits per heavy atom. The highest BCUT2D eigenvalue weighted by atomic mass is 16.7. The average molecular weight is 952 g/mol. The van der Waals surface area contributed by atoms with Crippen LogP contribution in [0.4, 0.5) is 11.4 Å². The molecule has 15 nitrogen and oxygen atoms in total. The Hall–Kier alpha value is -5.85. The number of imidazole rings is 1. The van der Waals surface area contributed by atoms with Gasteiger partial charge in [0.15, 0.2) is 6.29 Å². The van der Waals surface area contributed by atoms with Gasteiger partial charge in [0, 0.05) is 114 Å². The molecular weight excluding hydrogens is 887 g/mol. The summed E-state index contributed by atoms with van der Waals surface area (Å²) in [6, 6.07) is 41.4. The van der Waals surface area contributed by atoms with Crippen molar-refractivity contribution >= 4 is 33.2 Å². The van der Waals surface area contributed by atoms with Gasteiger partial charge in [-0.3, -0.25) is 4.57 Å². The lowest BCUT2D eigenvalue weighted by atomic mass is 9.99. The van der Waals surface area contributed by atoms with Crippen LogP contribution in [0.1, 0.15) is 6.92 Å². The van der Waals surface area contributed by atoms with Crippen molar-refractivity contribution < 1.29 is 39.4 Å². The van der Waals surface area contributed by atoms with Crippen molar-refractivity contribution in [2.75, 3.05) is 109 Å². The molecule has 10 rings (SSSR count). The highest BCUT2D eigenvalue weighted by Crippen LogP contribution is 2.42. The molecule has 3 aliphatic heterocycles. The summed E-state index contributed by atoms with van der Waals surface area (Å²) >= 11 is 0. The zero-order valence-electron chi connectivity index (χ0n) is 40.3. The zero-order valence-corrected chi connectivity index (χ0v) is 40.3. The van der Waals surface area contributed by atoms with E-state index in [1.807, 2.05) is 12.1 Å². The van der Waals surface area contributed by atoms with Crippen molar-refractivity contribution in [1.82, 2.24) is 23.9 Å². The maximum absolute atomic E-state index is 10.3. The summed E-state index contributed by atoms with van der Waals surface area (Å²) in [4.78, 5) is 15.3. The number of hydrogen-bond acceptors (Lipinski definition) is 13. The molecule has 3 fully saturated rings. The Kier molecular flexibility index (Phi) is 14.5. The summed E-state index contributed by atoms with van der Waals surface area (Å²) in [7, 11) is 4.37. The van der Waals surface area contributed by atoms with E-state index < -0.39 is 37.3 Å². The number of aryl methyl sites for hydroxylation is 1. The van der Waals surface area contributed by atoms with E-state index in [0.717, 1.165) is 98.5 Å². The lowest BCUT2D eigenvalue weighted by Crippen LogP contribution is -2.59. The molecule has 3 saturated heterocycles. The van der Waals surface area contributed by atoms with E-state index in [9.17, 15) is 20.4 Å². The molecule has 5 atom stereocenters. The number of para-hydroxylation sites is 1. The summed E-state index contributed by atoms with van der Waals surface area (Å²) < 4.78 is 27.6. The van der Waals surface area contributed by atoms with E-state index in [1.54, 1.807) is 0 Å². The van der Waals surface area contributed by atoms with Gasteiger partial charge in [-0.15, -0.1) is 0 Å². The van der Waals surface area contributed by atoms with E-state index in [1.165, 1.54) is 33.2 Å². The van der Waals surface area contributed by atoms with Gasteiger partial charge in [-0.2, -0.15) is 0 Å². The molecule has 3 aliphatic rings. The second-order valence-corrected chi connectivity index (χ2v) is 18.7. The van der Waals surface area contributed by atoms with Crippen LogP contribution in [0.3, 0.4) is 0 Å². The van der Waals surface area contributed by atoms with E-state index in [2.05, 4.69) is 153 Å². The largest absolute Gasteiger partial charge is 0.491 e. The molecule has 5 aromatic carbocycles. The first-order chi connectivity index (χ1) is 34.2. The fourth-order valence-electron chi connectivity index (χ4n) is 10.1. The number of rotatable bonds is 16. The van der Waals surface area contributed by atoms with Crippen molar-refractivity contribution in [2.45, 2.75) is 44.2 Å². The molecule has 0 saturated carbocycles. The third kappa shape index (κ3) is 9.78. The van der Waals surface area contributed by atoms with Crippen molar-refractivity contribution in [3.05, 3.63) is 115 Å². The van der Waals surface area contributed by atoms with Crippen LogP contribution in [0.15, 0.2) is 115 Å². The van der Waals surface area contributed by atoms with E-state index in [0.29, 0.717) is 5.75 Å². The van der Waals surface area contributed by atoms with Crippen molar-refractivity contribution in [3.63, 3.8) is 0 Å². The Morgan fingerprint density at radius 1 is 0.600 bits per heavy atom. The van der Waals surface area contributed by atoms with Gasteiger partial charge in [0.05, 0.1) is 37.8 Å². The zero-order chi connectivity index (χ0) is 48.3. The average Bonchev–Trinajstić information content (AvgIpc) is 3.95. The van der Waals surface area contributed by atoms with Crippen LogP contribution in [0.2, 0.25) is 0 Å². The highest BCUT2D eigenvalue weighted by molar-refractivity contribution is 6.09. The maximum Gasteiger partial charge on any atom is 0.186 e. The number of hydrogen-bond donors (Lipinski definition) is 4. The van der Waals surface area contributed by atoms with Crippen LogP contribution >= 0.6 is 0 Å². The number of likely N-dealkylation sites (N-methyl/N-ethyl adjacent to an activating group) is 2. The number of benzene rings is 5. The fourth-order valence-corrected chi connectivity index (χ4v) is 10.1. The first-order valence-corrected chi connectivity index (χ1v) is 24.6. The van der Waals surface area contributed by atoms with Crippen LogP contribution in [-0.4, -0.2) is 175 Å². The minimum atomic E-state index is -1.50. The minimum absolute atomic E-state index is 0.0571. The van der Waals surface area contributed by atoms with E-state index >= 15 is 0 Å². The van der Waals surface area contributed by atoms with Gasteiger partial charge in [-0.25, -0.2) is 4.98 Å². The maximum atomic E-state index is 10.3. The number of aliphatic hydroxyl groups excluding tert-OH is 4. The van der Waals surface area contributed by atoms with E-state index in [4.69, 9.17) is 23.9 Å². The van der Waals surface area contributed by atoms with Crippen LogP contribution in [0.5, 0.6) is 5.75 Å². The fraction of sp³-hybridized carbons (Fsp3) is 0.400. The molecule has 0 bridgehead atoms. The normalized spacial score (nSPS) is 21.6. The second kappa shape index (κ2) is 21.2. The molecule has 15 heteroatoms. The number of aliphatic hydroxyl groups is 4. The molecule has 4 N–H and O–H groups in total. The van der Waals surface area contributed by atoms with Gasteiger partial charge >= 0.3 is 0 Å². The third-order valence-electron chi connectivity index (χ3n) is 14.2. The van der Waals surface area contributed by atoms with Gasteiger partial charge < -0.3 is 63.5 Å². The molecule has 368 valence electrons. The molecule has 0 spiro atoms. The van der Waals surface area contributed by atoms with Crippen molar-refractivity contribution in [2.24, 2.45) is 0 Å². The third-order valence-corrected chi connectivity index (χ3v) is 14.2. The number of nitrogens with zero attached hydrogens (tertiary/aromatic N) is 7. The monoisotopic (exact) mass is 951 g/mol. The first kappa shape index (κ1) is 47.8. The number of ether oxygens (including phenoxy) is 4. The second-order valence-electron chi connectivity index (χ2n) is 18.7. The Morgan fingerprint density at radius 3 is 1.83 bits per heavy atom. The SMILES string of the molecule is CCn1c2ccccc2c2cc(-c3nc(-c4ccc(N5CCN(C)CC5)cc4)c(-c4ccc(N5CCN(C)CC5)cc4)n3-c3ccc(OCCOCCO[C@@H]4O[C@H](CO)[C@@H](O)[C@H](O)[C@H]4O)cc3)ccc21. The molecular formula is C55H65N7O8. The minimum Gasteiger partial charge on any atom is -0.491 e. The summed E-state index contributed by atoms with van der Waals surface area (Å²) in [5.41, 5.74) is 10.8. The molecule has 5 heterocycles. The number of piperazine rings is 2. The van der Waals surface area contributed by atoms with Gasteiger partial charge in [0.2, 0.25) is 0 Å². The molecule has 0 aliphatic carbocycles. The van der Waals surface area contributed by atoms with Crippen LogP contribution < -0.4 is 14.5 Å². The Balaban J connectivity index is 0.972. The van der Waals surface area contributed by atoms with Crippen LogP contribution in [0, 0.1) is 0 Å². The van der Waals surface area contributed by atoms with Crippen molar-refractivity contribution in [1.29, 1.82) is 0 Å². The molecule has 2 aromatic heterocycles. The van der Waals surface area contributed by atoms with E-state index in [-0.39, 0.29) is 26.4 Å².